The third kappa shape index (κ3) is 14.0. The van der Waals surface area contributed by atoms with Crippen molar-refractivity contribution in [3.05, 3.63) is 0 Å². The van der Waals surface area contributed by atoms with Gasteiger partial charge in [-0.25, -0.2) is 0 Å². The first-order chi connectivity index (χ1) is 5.89. The molecule has 0 saturated carbocycles. The number of carboxylic acid groups (broad SMARTS) is 2. The molecule has 0 heterocycles. The van der Waals surface area contributed by atoms with Crippen LogP contribution in [0.3, 0.4) is 0 Å². The Bertz CT molecular complexity index is 277. The van der Waals surface area contributed by atoms with Gasteiger partial charge >= 0.3 is 39.1 Å². The summed E-state index contributed by atoms with van der Waals surface area (Å²) in [6, 6.07) is 0. The van der Waals surface area contributed by atoms with Gasteiger partial charge in [0.1, 0.15) is 0 Å². The maximum Gasteiger partial charge on any atom is 2.00 e. The molecular formula is C2H4O10P2Sn. The molecule has 13 heteroatoms. The van der Waals surface area contributed by atoms with Gasteiger partial charge in [-0.1, -0.05) is 0 Å². The van der Waals surface area contributed by atoms with Gasteiger partial charge in [-0.05, 0) is 0 Å². The van der Waals surface area contributed by atoms with E-state index in [-0.39, 0.29) is 23.9 Å². The molecular weight excluding hydrogens is 365 g/mol. The predicted octanol–water partition coefficient (Wildman–Crippen LogP) is -3.37. The molecule has 0 aliphatic carbocycles. The molecule has 2 radical (unpaired) electrons. The zero-order valence-electron chi connectivity index (χ0n) is 6.63. The minimum atomic E-state index is -4.93. The summed E-state index contributed by atoms with van der Waals surface area (Å²) in [5.74, 6) is 0. The van der Waals surface area contributed by atoms with Crippen LogP contribution in [-0.2, 0) is 9.13 Å². The van der Waals surface area contributed by atoms with Crippen LogP contribution in [0.4, 0.5) is 9.59 Å². The maximum absolute atomic E-state index is 9.36. The van der Waals surface area contributed by atoms with Crippen LogP contribution in [-0.4, -0.2) is 54.9 Å². The van der Waals surface area contributed by atoms with Crippen LogP contribution in [0, 0.1) is 0 Å². The molecule has 0 spiro atoms. The second-order valence-electron chi connectivity index (χ2n) is 1.62. The van der Waals surface area contributed by atoms with Crippen molar-refractivity contribution >= 4 is 50.5 Å². The van der Waals surface area contributed by atoms with E-state index in [2.05, 4.69) is 0 Å². The van der Waals surface area contributed by atoms with Crippen molar-refractivity contribution in [3.8, 4) is 0 Å². The van der Waals surface area contributed by atoms with Crippen LogP contribution < -0.4 is 10.2 Å². The molecule has 0 amide bonds. The van der Waals surface area contributed by atoms with E-state index in [1.807, 2.05) is 0 Å². The fraction of sp³-hybridized carbons (Fsp3) is 0. The van der Waals surface area contributed by atoms with Gasteiger partial charge in [-0.3, -0.25) is 9.13 Å². The van der Waals surface area contributed by atoms with E-state index >= 15 is 0 Å². The second-order valence-corrected chi connectivity index (χ2v) is 4.53. The summed E-state index contributed by atoms with van der Waals surface area (Å²) in [6.07, 6.45) is 0. The van der Waals surface area contributed by atoms with E-state index in [0.29, 0.717) is 0 Å². The Morgan fingerprint density at radius 3 is 0.867 bits per heavy atom. The molecule has 10 nitrogen and oxygen atoms in total. The third-order valence-electron chi connectivity index (χ3n) is 0.476. The molecule has 0 atom stereocenters. The van der Waals surface area contributed by atoms with Gasteiger partial charge in [-0.15, -0.1) is 0 Å². The number of carbonyl (C=O) groups excluding carboxylic acids is 2. The van der Waals surface area contributed by atoms with Crippen LogP contribution >= 0.6 is 15.2 Å². The molecule has 0 bridgehead atoms. The normalized spacial score (nSPS) is 10.4. The number of rotatable bonds is 2. The fourth-order valence-electron chi connectivity index (χ4n) is 0. The monoisotopic (exact) mass is 370 g/mol. The third-order valence-corrected chi connectivity index (χ3v) is 1.43. The van der Waals surface area contributed by atoms with Gasteiger partial charge in [0, 0.05) is 0 Å². The van der Waals surface area contributed by atoms with Crippen molar-refractivity contribution < 1.29 is 48.5 Å². The summed E-state index contributed by atoms with van der Waals surface area (Å²) in [4.78, 5) is 48.5. The summed E-state index contributed by atoms with van der Waals surface area (Å²) >= 11 is 0. The molecule has 86 valence electrons. The van der Waals surface area contributed by atoms with Crippen molar-refractivity contribution in [2.45, 2.75) is 0 Å². The molecule has 4 N–H and O–H groups in total. The van der Waals surface area contributed by atoms with E-state index in [4.69, 9.17) is 39.4 Å². The van der Waals surface area contributed by atoms with Crippen molar-refractivity contribution in [2.75, 3.05) is 0 Å². The van der Waals surface area contributed by atoms with E-state index in [1.54, 1.807) is 0 Å². The minimum Gasteiger partial charge on any atom is -0.538 e. The zero-order chi connectivity index (χ0) is 12.2. The molecule has 0 saturated heterocycles. The Kier molecular flexibility index (Phi) is 10.00. The average Bonchev–Trinajstić information content (AvgIpc) is 1.83. The molecule has 0 aliphatic heterocycles. The standard InChI is InChI=1S/2CH3O5P.Sn/c2*2-1(3)7(4,5)6;/h2*(H,2,3)(H2,4,5,6);/q;;+2/p-2. The maximum atomic E-state index is 9.36. The van der Waals surface area contributed by atoms with Crippen LogP contribution in [0.1, 0.15) is 0 Å². The molecule has 0 aliphatic rings. The van der Waals surface area contributed by atoms with Gasteiger partial charge in [0.25, 0.3) is 0 Å². The molecule has 0 aromatic heterocycles. The summed E-state index contributed by atoms with van der Waals surface area (Å²) in [7, 11) is -9.86. The van der Waals surface area contributed by atoms with Gasteiger partial charge in [0.05, 0.1) is 0 Å². The Hall–Kier alpha value is 0.0387. The molecule has 0 aromatic carbocycles. The number of hydrogen-bond acceptors (Lipinski definition) is 6. The van der Waals surface area contributed by atoms with Crippen LogP contribution in [0.15, 0.2) is 0 Å². The molecule has 0 fully saturated rings. The van der Waals surface area contributed by atoms with Crippen LogP contribution in [0.2, 0.25) is 0 Å². The van der Waals surface area contributed by atoms with E-state index in [9.17, 15) is 9.13 Å². The van der Waals surface area contributed by atoms with Crippen molar-refractivity contribution in [2.24, 2.45) is 0 Å². The smallest absolute Gasteiger partial charge is 0.538 e. The summed E-state index contributed by atoms with van der Waals surface area (Å²) in [6.45, 7) is 0. The first kappa shape index (κ1) is 20.5. The van der Waals surface area contributed by atoms with Crippen LogP contribution in [0.5, 0.6) is 0 Å². The summed E-state index contributed by atoms with van der Waals surface area (Å²) < 4.78 is 18.7. The second kappa shape index (κ2) is 7.33. The summed E-state index contributed by atoms with van der Waals surface area (Å²) in [5.41, 5.74) is -4.68. The SMILES string of the molecule is O=C([O-])P(=O)(O)O.O=C([O-])P(=O)(O)O.[Sn+2]. The molecule has 0 unspecified atom stereocenters. The number of hydrogen-bond donors (Lipinski definition) is 4. The predicted molar refractivity (Wildman–Crippen MR) is 40.6 cm³/mol. The van der Waals surface area contributed by atoms with E-state index < -0.39 is 26.6 Å². The number of carbonyl (C=O) groups is 2. The summed E-state index contributed by atoms with van der Waals surface area (Å²) in [5, 5.41) is 18.3. The molecule has 0 aromatic rings. The molecule has 0 rings (SSSR count). The zero-order valence-corrected chi connectivity index (χ0v) is 11.3. The first-order valence-corrected chi connectivity index (χ1v) is 5.65. The van der Waals surface area contributed by atoms with Gasteiger partial charge in [0.15, 0.2) is 11.4 Å². The van der Waals surface area contributed by atoms with Crippen molar-refractivity contribution in [1.29, 1.82) is 0 Å². The Morgan fingerprint density at radius 1 is 0.800 bits per heavy atom. The average molecular weight is 369 g/mol. The van der Waals surface area contributed by atoms with Crippen LogP contribution in [0.25, 0.3) is 0 Å². The van der Waals surface area contributed by atoms with E-state index in [0.717, 1.165) is 0 Å². The Labute approximate surface area is 99.2 Å². The Morgan fingerprint density at radius 2 is 0.867 bits per heavy atom. The van der Waals surface area contributed by atoms with Gasteiger partial charge in [-0.2, -0.15) is 0 Å². The first-order valence-electron chi connectivity index (χ1n) is 2.43. The Balaban J connectivity index is -0.000000180. The fourth-order valence-corrected chi connectivity index (χ4v) is 0. The van der Waals surface area contributed by atoms with E-state index in [1.165, 1.54) is 0 Å². The quantitative estimate of drug-likeness (QED) is 0.282. The topological polar surface area (TPSA) is 195 Å². The minimum absolute atomic E-state index is 0. The van der Waals surface area contributed by atoms with Gasteiger partial charge in [0.2, 0.25) is 0 Å². The van der Waals surface area contributed by atoms with Gasteiger partial charge < -0.3 is 39.4 Å². The molecule has 15 heavy (non-hydrogen) atoms. The van der Waals surface area contributed by atoms with Crippen molar-refractivity contribution in [1.82, 2.24) is 0 Å². The largest absolute Gasteiger partial charge is 2.00 e. The van der Waals surface area contributed by atoms with Crippen molar-refractivity contribution in [3.63, 3.8) is 0 Å².